The lowest BCUT2D eigenvalue weighted by molar-refractivity contribution is -0.139. The van der Waals surface area contributed by atoms with Gasteiger partial charge in [-0.25, -0.2) is 0 Å². The first-order valence-corrected chi connectivity index (χ1v) is 3.92. The summed E-state index contributed by atoms with van der Waals surface area (Å²) in [7, 11) is 0. The van der Waals surface area contributed by atoms with Crippen molar-refractivity contribution in [3.05, 3.63) is 29.6 Å². The van der Waals surface area contributed by atoms with Crippen molar-refractivity contribution >= 4 is 5.97 Å². The summed E-state index contributed by atoms with van der Waals surface area (Å²) in [6.07, 6.45) is 0.273. The zero-order valence-electron chi connectivity index (χ0n) is 7.27. The fourth-order valence-electron chi connectivity index (χ4n) is 0.946. The Morgan fingerprint density at radius 3 is 2.77 bits per heavy atom. The maximum Gasteiger partial charge on any atom is 0.306 e. The van der Waals surface area contributed by atoms with E-state index in [2.05, 4.69) is 4.98 Å². The van der Waals surface area contributed by atoms with Gasteiger partial charge in [-0.3, -0.25) is 9.78 Å². The van der Waals surface area contributed by atoms with Crippen LogP contribution in [0, 0.1) is 6.92 Å². The number of carboxylic acid groups (broad SMARTS) is 1. The fraction of sp³-hybridized carbons (Fsp3) is 0.333. The zero-order chi connectivity index (χ0) is 9.84. The molecule has 4 heteroatoms. The van der Waals surface area contributed by atoms with Crippen molar-refractivity contribution in [2.24, 2.45) is 0 Å². The Morgan fingerprint density at radius 2 is 2.31 bits per heavy atom. The molecule has 1 rings (SSSR count). The average Bonchev–Trinajstić information content (AvgIpc) is 2.04. The van der Waals surface area contributed by atoms with Crippen LogP contribution in [-0.4, -0.2) is 21.2 Å². The number of rotatable bonds is 3. The van der Waals surface area contributed by atoms with Gasteiger partial charge < -0.3 is 10.2 Å². The lowest BCUT2D eigenvalue weighted by atomic mass is 10.1. The number of aliphatic hydroxyl groups excluding tert-OH is 1. The van der Waals surface area contributed by atoms with Crippen molar-refractivity contribution < 1.29 is 15.0 Å². The van der Waals surface area contributed by atoms with Crippen molar-refractivity contribution in [2.75, 3.05) is 0 Å². The first-order chi connectivity index (χ1) is 6.09. The third-order valence-corrected chi connectivity index (χ3v) is 1.64. The molecule has 4 nitrogen and oxygen atoms in total. The van der Waals surface area contributed by atoms with Gasteiger partial charge in [0.1, 0.15) is 6.10 Å². The minimum atomic E-state index is -1.03. The lowest BCUT2D eigenvalue weighted by Crippen LogP contribution is -2.06. The number of nitrogens with zero attached hydrogens (tertiary/aromatic N) is 1. The molecule has 70 valence electrons. The van der Waals surface area contributed by atoms with Crippen LogP contribution in [0.1, 0.15) is 23.8 Å². The highest BCUT2D eigenvalue weighted by Crippen LogP contribution is 2.13. The van der Waals surface area contributed by atoms with Crippen molar-refractivity contribution in [2.45, 2.75) is 19.4 Å². The van der Waals surface area contributed by atoms with E-state index in [0.29, 0.717) is 5.69 Å². The Kier molecular flexibility index (Phi) is 2.97. The van der Waals surface area contributed by atoms with Crippen LogP contribution in [0.3, 0.4) is 0 Å². The third kappa shape index (κ3) is 2.83. The summed E-state index contributed by atoms with van der Waals surface area (Å²) in [5.41, 5.74) is 1.37. The molecule has 0 spiro atoms. The van der Waals surface area contributed by atoms with E-state index in [4.69, 9.17) is 5.11 Å². The molecule has 0 aliphatic rings. The highest BCUT2D eigenvalue weighted by Gasteiger charge is 2.12. The van der Waals surface area contributed by atoms with E-state index in [-0.39, 0.29) is 6.42 Å². The number of hydrogen-bond acceptors (Lipinski definition) is 3. The van der Waals surface area contributed by atoms with E-state index in [1.54, 1.807) is 18.3 Å². The predicted molar refractivity (Wildman–Crippen MR) is 46.2 cm³/mol. The molecule has 0 aliphatic carbocycles. The molecule has 1 aromatic rings. The van der Waals surface area contributed by atoms with Crippen molar-refractivity contribution in [1.29, 1.82) is 0 Å². The predicted octanol–water partition coefficient (Wildman–Crippen LogP) is 0.898. The normalized spacial score (nSPS) is 12.5. The van der Waals surface area contributed by atoms with Crippen LogP contribution >= 0.6 is 0 Å². The number of carbonyl (C=O) groups is 1. The molecule has 13 heavy (non-hydrogen) atoms. The van der Waals surface area contributed by atoms with Gasteiger partial charge >= 0.3 is 5.97 Å². The van der Waals surface area contributed by atoms with Crippen molar-refractivity contribution in [1.82, 2.24) is 4.98 Å². The topological polar surface area (TPSA) is 70.4 Å². The zero-order valence-corrected chi connectivity index (χ0v) is 7.27. The van der Waals surface area contributed by atoms with Crippen LogP contribution < -0.4 is 0 Å². The highest BCUT2D eigenvalue weighted by atomic mass is 16.4. The molecule has 2 N–H and O–H groups in total. The number of aromatic nitrogens is 1. The SMILES string of the molecule is Cc1ccc([C@H](O)CC(=O)O)nc1. The number of carboxylic acids is 1. The quantitative estimate of drug-likeness (QED) is 0.726. The molecule has 0 saturated carbocycles. The lowest BCUT2D eigenvalue weighted by Gasteiger charge is -2.06. The van der Waals surface area contributed by atoms with E-state index < -0.39 is 12.1 Å². The molecular weight excluding hydrogens is 170 g/mol. The van der Waals surface area contributed by atoms with Crippen LogP contribution in [0.15, 0.2) is 18.3 Å². The second kappa shape index (κ2) is 4.00. The number of hydrogen-bond donors (Lipinski definition) is 2. The summed E-state index contributed by atoms with van der Waals surface area (Å²) >= 11 is 0. The van der Waals surface area contributed by atoms with E-state index in [9.17, 15) is 9.90 Å². The molecule has 1 heterocycles. The summed E-state index contributed by atoms with van der Waals surface area (Å²) in [5, 5.41) is 17.8. The van der Waals surface area contributed by atoms with Crippen LogP contribution in [0.25, 0.3) is 0 Å². The molecule has 0 bridgehead atoms. The number of aliphatic hydroxyl groups is 1. The van der Waals surface area contributed by atoms with Crippen molar-refractivity contribution in [3.8, 4) is 0 Å². The van der Waals surface area contributed by atoms with Gasteiger partial charge in [-0.15, -0.1) is 0 Å². The summed E-state index contributed by atoms with van der Waals surface area (Å²) < 4.78 is 0. The maximum absolute atomic E-state index is 10.3. The second-order valence-electron chi connectivity index (χ2n) is 2.87. The number of aliphatic carboxylic acids is 1. The molecule has 1 atom stereocenters. The van der Waals surface area contributed by atoms with Crippen LogP contribution in [0.5, 0.6) is 0 Å². The average molecular weight is 181 g/mol. The smallest absolute Gasteiger partial charge is 0.306 e. The molecule has 0 amide bonds. The van der Waals surface area contributed by atoms with Crippen LogP contribution in [0.2, 0.25) is 0 Å². The Labute approximate surface area is 75.9 Å². The fourth-order valence-corrected chi connectivity index (χ4v) is 0.946. The molecule has 0 aliphatic heterocycles. The van der Waals surface area contributed by atoms with Gasteiger partial charge in [0.25, 0.3) is 0 Å². The first-order valence-electron chi connectivity index (χ1n) is 3.92. The molecule has 0 unspecified atom stereocenters. The van der Waals surface area contributed by atoms with Gasteiger partial charge in [-0.1, -0.05) is 6.07 Å². The Bertz CT molecular complexity index is 294. The van der Waals surface area contributed by atoms with E-state index in [1.807, 2.05) is 6.92 Å². The minimum Gasteiger partial charge on any atom is -0.481 e. The molecule has 0 radical (unpaired) electrons. The Hall–Kier alpha value is -1.42. The highest BCUT2D eigenvalue weighted by molar-refractivity contribution is 5.67. The standard InChI is InChI=1S/C9H11NO3/c1-6-2-3-7(10-5-6)8(11)4-9(12)13/h2-3,5,8,11H,4H2,1H3,(H,12,13)/t8-/m1/s1. The monoisotopic (exact) mass is 181 g/mol. The van der Waals surface area contributed by atoms with Gasteiger partial charge in [0.2, 0.25) is 0 Å². The van der Waals surface area contributed by atoms with Gasteiger partial charge in [0.15, 0.2) is 0 Å². The summed E-state index contributed by atoms with van der Waals surface area (Å²) in [6, 6.07) is 3.41. The number of pyridine rings is 1. The molecule has 1 aromatic heterocycles. The van der Waals surface area contributed by atoms with Crippen LogP contribution in [-0.2, 0) is 4.79 Å². The second-order valence-corrected chi connectivity index (χ2v) is 2.87. The van der Waals surface area contributed by atoms with Gasteiger partial charge in [0.05, 0.1) is 12.1 Å². The number of aryl methyl sites for hydroxylation is 1. The summed E-state index contributed by atoms with van der Waals surface area (Å²) in [6.45, 7) is 1.88. The first kappa shape index (κ1) is 9.67. The third-order valence-electron chi connectivity index (χ3n) is 1.64. The summed E-state index contributed by atoms with van der Waals surface area (Å²) in [4.78, 5) is 14.2. The minimum absolute atomic E-state index is 0.309. The van der Waals surface area contributed by atoms with Crippen molar-refractivity contribution in [3.63, 3.8) is 0 Å². The molecule has 0 fully saturated rings. The Morgan fingerprint density at radius 1 is 1.62 bits per heavy atom. The van der Waals surface area contributed by atoms with E-state index >= 15 is 0 Å². The van der Waals surface area contributed by atoms with Gasteiger partial charge in [0, 0.05) is 6.20 Å². The largest absolute Gasteiger partial charge is 0.481 e. The van der Waals surface area contributed by atoms with Gasteiger partial charge in [-0.2, -0.15) is 0 Å². The van der Waals surface area contributed by atoms with Gasteiger partial charge in [-0.05, 0) is 18.6 Å². The van der Waals surface area contributed by atoms with E-state index in [1.165, 1.54) is 0 Å². The molecule has 0 aromatic carbocycles. The molecular formula is C9H11NO3. The van der Waals surface area contributed by atoms with E-state index in [0.717, 1.165) is 5.56 Å². The van der Waals surface area contributed by atoms with Crippen LogP contribution in [0.4, 0.5) is 0 Å². The maximum atomic E-state index is 10.3. The molecule has 0 saturated heterocycles. The Balaban J connectivity index is 2.71. The summed E-state index contributed by atoms with van der Waals surface area (Å²) in [5.74, 6) is -1.03.